The number of nitro groups is 1. The monoisotopic (exact) mass is 380 g/mol. The summed E-state index contributed by atoms with van der Waals surface area (Å²) in [5, 5.41) is 20.1. The number of carbonyl (C=O) groups excluding carboxylic acids is 1. The highest BCUT2D eigenvalue weighted by molar-refractivity contribution is 6.00. The molecule has 0 bridgehead atoms. The minimum absolute atomic E-state index is 0.118. The van der Waals surface area contributed by atoms with Gasteiger partial charge in [-0.05, 0) is 23.8 Å². The van der Waals surface area contributed by atoms with Gasteiger partial charge >= 0.3 is 0 Å². The van der Waals surface area contributed by atoms with Gasteiger partial charge in [0.25, 0.3) is 11.6 Å². The second kappa shape index (κ2) is 8.50. The molecule has 2 aromatic carbocycles. The molecule has 0 aromatic heterocycles. The molecule has 0 saturated carbocycles. The number of nitriles is 1. The molecule has 0 atom stereocenters. The molecule has 2 aromatic rings. The number of ether oxygens (including phenoxy) is 1. The van der Waals surface area contributed by atoms with Crippen molar-refractivity contribution < 1.29 is 14.5 Å². The largest absolute Gasteiger partial charge is 0.378 e. The first-order chi connectivity index (χ1) is 13.5. The Labute approximate surface area is 162 Å². The van der Waals surface area contributed by atoms with Crippen molar-refractivity contribution in [2.24, 2.45) is 0 Å². The molecule has 0 spiro atoms. The second-order valence-corrected chi connectivity index (χ2v) is 6.53. The molecule has 1 amide bonds. The molecule has 1 aliphatic heterocycles. The highest BCUT2D eigenvalue weighted by Gasteiger charge is 2.24. The fraction of sp³-hybridized carbons (Fsp3) is 0.300. The standard InChI is InChI=1S/C20H20N4O4/c1-22(14-16-4-2-15(13-21)3-5-16)20(25)18-12-17(24(26)27)6-7-19(18)23-8-10-28-11-9-23/h2-7,12H,8-11,14H2,1H3. The maximum Gasteiger partial charge on any atom is 0.270 e. The van der Waals surface area contributed by atoms with Gasteiger partial charge in [-0.3, -0.25) is 14.9 Å². The quantitative estimate of drug-likeness (QED) is 0.584. The summed E-state index contributed by atoms with van der Waals surface area (Å²) in [6.45, 7) is 2.67. The normalized spacial score (nSPS) is 13.6. The molecule has 144 valence electrons. The molecule has 0 N–H and O–H groups in total. The first-order valence-electron chi connectivity index (χ1n) is 8.85. The van der Waals surface area contributed by atoms with Gasteiger partial charge in [-0.15, -0.1) is 0 Å². The van der Waals surface area contributed by atoms with Gasteiger partial charge in [0.1, 0.15) is 0 Å². The maximum atomic E-state index is 13.1. The lowest BCUT2D eigenvalue weighted by atomic mass is 10.1. The Bertz CT molecular complexity index is 915. The van der Waals surface area contributed by atoms with Gasteiger partial charge in [-0.25, -0.2) is 0 Å². The van der Waals surface area contributed by atoms with Crippen molar-refractivity contribution in [1.29, 1.82) is 5.26 Å². The van der Waals surface area contributed by atoms with Crippen molar-refractivity contribution in [3.05, 3.63) is 69.3 Å². The predicted molar refractivity (Wildman–Crippen MR) is 103 cm³/mol. The van der Waals surface area contributed by atoms with Crippen LogP contribution in [-0.2, 0) is 11.3 Å². The summed E-state index contributed by atoms with van der Waals surface area (Å²) in [5.41, 5.74) is 2.27. The zero-order valence-corrected chi connectivity index (χ0v) is 15.5. The number of non-ortho nitro benzene ring substituents is 1. The number of amides is 1. The van der Waals surface area contributed by atoms with Crippen LogP contribution in [0.1, 0.15) is 21.5 Å². The summed E-state index contributed by atoms with van der Waals surface area (Å²) in [6, 6.07) is 13.4. The molecule has 3 rings (SSSR count). The van der Waals surface area contributed by atoms with Crippen LogP contribution in [-0.4, -0.2) is 49.1 Å². The molecule has 1 aliphatic rings. The van der Waals surface area contributed by atoms with Crippen molar-refractivity contribution in [2.45, 2.75) is 6.54 Å². The highest BCUT2D eigenvalue weighted by Crippen LogP contribution is 2.28. The molecule has 0 radical (unpaired) electrons. The summed E-state index contributed by atoms with van der Waals surface area (Å²) in [4.78, 5) is 27.3. The van der Waals surface area contributed by atoms with Crippen molar-refractivity contribution in [3.8, 4) is 6.07 Å². The fourth-order valence-electron chi connectivity index (χ4n) is 3.12. The number of hydrogen-bond donors (Lipinski definition) is 0. The van der Waals surface area contributed by atoms with Crippen LogP contribution in [0, 0.1) is 21.4 Å². The number of benzene rings is 2. The van der Waals surface area contributed by atoms with Gasteiger partial charge in [0.2, 0.25) is 0 Å². The number of carbonyl (C=O) groups is 1. The number of rotatable bonds is 5. The lowest BCUT2D eigenvalue weighted by molar-refractivity contribution is -0.384. The molecule has 8 nitrogen and oxygen atoms in total. The van der Waals surface area contributed by atoms with E-state index >= 15 is 0 Å². The van der Waals surface area contributed by atoms with Crippen LogP contribution < -0.4 is 4.90 Å². The summed E-state index contributed by atoms with van der Waals surface area (Å²) in [7, 11) is 1.66. The highest BCUT2D eigenvalue weighted by atomic mass is 16.6. The third-order valence-electron chi connectivity index (χ3n) is 4.62. The molecule has 1 heterocycles. The van der Waals surface area contributed by atoms with E-state index in [9.17, 15) is 14.9 Å². The Morgan fingerprint density at radius 2 is 1.93 bits per heavy atom. The summed E-state index contributed by atoms with van der Waals surface area (Å²) in [6.07, 6.45) is 0. The van der Waals surface area contributed by atoms with Gasteiger partial charge < -0.3 is 14.5 Å². The molecular weight excluding hydrogens is 360 g/mol. The van der Waals surface area contributed by atoms with Crippen molar-refractivity contribution >= 4 is 17.3 Å². The number of anilines is 1. The minimum Gasteiger partial charge on any atom is -0.378 e. The number of nitrogens with zero attached hydrogens (tertiary/aromatic N) is 4. The molecule has 0 unspecified atom stereocenters. The SMILES string of the molecule is CN(Cc1ccc(C#N)cc1)C(=O)c1cc([N+](=O)[O-])ccc1N1CCOCC1. The van der Waals surface area contributed by atoms with Crippen molar-refractivity contribution in [3.63, 3.8) is 0 Å². The topological polar surface area (TPSA) is 99.7 Å². The van der Waals surface area contributed by atoms with Crippen LogP contribution in [0.2, 0.25) is 0 Å². The number of morpholine rings is 1. The maximum absolute atomic E-state index is 13.1. The summed E-state index contributed by atoms with van der Waals surface area (Å²) < 4.78 is 5.36. The van der Waals surface area contributed by atoms with E-state index < -0.39 is 4.92 Å². The first-order valence-corrected chi connectivity index (χ1v) is 8.85. The minimum atomic E-state index is -0.500. The van der Waals surface area contributed by atoms with Gasteiger partial charge in [0.15, 0.2) is 0 Å². The second-order valence-electron chi connectivity index (χ2n) is 6.53. The lowest BCUT2D eigenvalue weighted by Gasteiger charge is -2.31. The third-order valence-corrected chi connectivity index (χ3v) is 4.62. The Morgan fingerprint density at radius 1 is 1.25 bits per heavy atom. The number of hydrogen-bond acceptors (Lipinski definition) is 6. The Hall–Kier alpha value is -3.44. The fourth-order valence-corrected chi connectivity index (χ4v) is 3.12. The molecular formula is C20H20N4O4. The van der Waals surface area contributed by atoms with E-state index in [1.165, 1.54) is 17.0 Å². The molecule has 1 saturated heterocycles. The van der Waals surface area contributed by atoms with Crippen molar-refractivity contribution in [2.75, 3.05) is 38.3 Å². The van der Waals surface area contributed by atoms with Gasteiger partial charge in [-0.2, -0.15) is 5.26 Å². The van der Waals surface area contributed by atoms with Crippen LogP contribution >= 0.6 is 0 Å². The van der Waals surface area contributed by atoms with E-state index in [2.05, 4.69) is 6.07 Å². The van der Waals surface area contributed by atoms with E-state index in [0.29, 0.717) is 49.7 Å². The smallest absolute Gasteiger partial charge is 0.270 e. The van der Waals surface area contributed by atoms with E-state index in [0.717, 1.165) is 5.56 Å². The predicted octanol–water partition coefficient (Wildman–Crippen LogP) is 2.58. The van der Waals surface area contributed by atoms with Crippen molar-refractivity contribution in [1.82, 2.24) is 4.90 Å². The Kier molecular flexibility index (Phi) is 5.87. The van der Waals surface area contributed by atoms with E-state index in [-0.39, 0.29) is 11.6 Å². The van der Waals surface area contributed by atoms with Crippen LogP contribution in [0.4, 0.5) is 11.4 Å². The van der Waals surface area contributed by atoms with E-state index in [1.807, 2.05) is 4.90 Å². The first kappa shape index (κ1) is 19.3. The Balaban J connectivity index is 1.87. The van der Waals surface area contributed by atoms with Gasteiger partial charge in [0.05, 0.1) is 41.0 Å². The molecule has 1 fully saturated rings. The molecule has 28 heavy (non-hydrogen) atoms. The van der Waals surface area contributed by atoms with E-state index in [1.54, 1.807) is 37.4 Å². The van der Waals surface area contributed by atoms with E-state index in [4.69, 9.17) is 10.00 Å². The zero-order chi connectivity index (χ0) is 20.1. The van der Waals surface area contributed by atoms with Gasteiger partial charge in [0, 0.05) is 38.8 Å². The molecule has 8 heteroatoms. The number of nitro benzene ring substituents is 1. The molecule has 0 aliphatic carbocycles. The van der Waals surface area contributed by atoms with Crippen LogP contribution in [0.5, 0.6) is 0 Å². The zero-order valence-electron chi connectivity index (χ0n) is 15.5. The average Bonchev–Trinajstić information content (AvgIpc) is 2.73. The van der Waals surface area contributed by atoms with Gasteiger partial charge in [-0.1, -0.05) is 12.1 Å². The van der Waals surface area contributed by atoms with Crippen LogP contribution in [0.15, 0.2) is 42.5 Å². The Morgan fingerprint density at radius 3 is 2.54 bits per heavy atom. The van der Waals surface area contributed by atoms with Crippen LogP contribution in [0.3, 0.4) is 0 Å². The summed E-state index contributed by atoms with van der Waals surface area (Å²) in [5.74, 6) is -0.297. The van der Waals surface area contributed by atoms with Crippen LogP contribution in [0.25, 0.3) is 0 Å². The summed E-state index contributed by atoms with van der Waals surface area (Å²) >= 11 is 0. The lowest BCUT2D eigenvalue weighted by Crippen LogP contribution is -2.38. The third kappa shape index (κ3) is 4.27. The average molecular weight is 380 g/mol.